The third-order valence-electron chi connectivity index (χ3n) is 5.64. The minimum atomic E-state index is -2.35. The number of carbonyl (C=O) groups is 6. The molecule has 15 heteroatoms. The maximum atomic E-state index is 13.4. The van der Waals surface area contributed by atoms with E-state index < -0.39 is 48.0 Å². The van der Waals surface area contributed by atoms with Crippen LogP contribution < -0.4 is 24.3 Å². The van der Waals surface area contributed by atoms with Crippen LogP contribution in [0.15, 0.2) is 65.1 Å². The quantitative estimate of drug-likeness (QED) is 0.207. The molecule has 14 nitrogen and oxygen atoms in total. The van der Waals surface area contributed by atoms with Gasteiger partial charge in [-0.25, -0.2) is 14.4 Å². The van der Waals surface area contributed by atoms with E-state index in [-0.39, 0.29) is 39.8 Å². The first-order chi connectivity index (χ1) is 21.3. The smallest absolute Gasteiger partial charge is 0.349 e. The van der Waals surface area contributed by atoms with Crippen LogP contribution in [0.4, 0.5) is 5.69 Å². The number of esters is 4. The Hall–Kier alpha value is -5.44. The molecule has 0 spiro atoms. The van der Waals surface area contributed by atoms with Gasteiger partial charge in [-0.15, -0.1) is 0 Å². The molecule has 2 N–H and O–H groups in total. The van der Waals surface area contributed by atoms with Crippen LogP contribution in [0.3, 0.4) is 0 Å². The molecule has 1 amide bonds. The van der Waals surface area contributed by atoms with Gasteiger partial charge in [-0.3, -0.25) is 14.4 Å². The molecule has 0 bridgehead atoms. The lowest BCUT2D eigenvalue weighted by Gasteiger charge is -2.24. The fourth-order valence-electron chi connectivity index (χ4n) is 3.71. The van der Waals surface area contributed by atoms with Crippen LogP contribution in [0.1, 0.15) is 34.6 Å². The molecule has 0 aliphatic rings. The minimum Gasteiger partial charge on any atom is -0.493 e. The lowest BCUT2D eigenvalue weighted by atomic mass is 10.1. The number of benzene rings is 3. The summed E-state index contributed by atoms with van der Waals surface area (Å²) in [5, 5.41) is 12.5. The van der Waals surface area contributed by atoms with E-state index in [4.69, 9.17) is 28.4 Å². The topological polar surface area (TPSA) is 190 Å². The predicted molar refractivity (Wildman–Crippen MR) is 157 cm³/mol. The van der Waals surface area contributed by atoms with Gasteiger partial charge in [-0.05, 0) is 54.6 Å². The highest BCUT2D eigenvalue weighted by Crippen LogP contribution is 2.30. The molecule has 0 fully saturated rings. The zero-order valence-electron chi connectivity index (χ0n) is 24.2. The Bertz CT molecular complexity index is 1640. The van der Waals surface area contributed by atoms with Gasteiger partial charge in [0.2, 0.25) is 12.2 Å². The molecule has 0 unspecified atom stereocenters. The van der Waals surface area contributed by atoms with E-state index in [1.54, 1.807) is 12.1 Å². The summed E-state index contributed by atoms with van der Waals surface area (Å²) in [4.78, 5) is 74.8. The molecule has 0 radical (unpaired) electrons. The van der Waals surface area contributed by atoms with Gasteiger partial charge in [0.15, 0.2) is 23.0 Å². The number of hydrogen-bond acceptors (Lipinski definition) is 12. The fraction of sp³-hybridized carbons (Fsp3) is 0.200. The van der Waals surface area contributed by atoms with Crippen molar-refractivity contribution in [2.24, 2.45) is 0 Å². The molecule has 3 rings (SSSR count). The molecule has 0 aliphatic carbocycles. The van der Waals surface area contributed by atoms with Crippen molar-refractivity contribution < 1.29 is 62.3 Å². The van der Waals surface area contributed by atoms with E-state index in [1.807, 2.05) is 0 Å². The third kappa shape index (κ3) is 9.27. The van der Waals surface area contributed by atoms with E-state index in [1.165, 1.54) is 50.6 Å². The maximum absolute atomic E-state index is 13.4. The number of nitrogens with one attached hydrogen (secondary N) is 1. The van der Waals surface area contributed by atoms with Crippen molar-refractivity contribution in [3.8, 4) is 23.0 Å². The first-order valence-corrected chi connectivity index (χ1v) is 13.6. The maximum Gasteiger partial charge on any atom is 0.349 e. The second-order valence-corrected chi connectivity index (χ2v) is 9.82. The summed E-state index contributed by atoms with van der Waals surface area (Å²) in [5.41, 5.74) is -0.259. The minimum absolute atomic E-state index is 0.0158. The van der Waals surface area contributed by atoms with E-state index >= 15 is 0 Å². The van der Waals surface area contributed by atoms with Crippen molar-refractivity contribution in [3.63, 3.8) is 0 Å². The highest BCUT2D eigenvalue weighted by molar-refractivity contribution is 9.10. The van der Waals surface area contributed by atoms with Gasteiger partial charge in [0.05, 0.1) is 25.3 Å². The van der Waals surface area contributed by atoms with E-state index in [0.717, 1.165) is 26.0 Å². The Morgan fingerprint density at radius 1 is 0.689 bits per heavy atom. The summed E-state index contributed by atoms with van der Waals surface area (Å²) in [5.74, 6) is -6.85. The number of hydrogen-bond donors (Lipinski definition) is 2. The van der Waals surface area contributed by atoms with Crippen LogP contribution in [-0.2, 0) is 28.7 Å². The van der Waals surface area contributed by atoms with Crippen LogP contribution in [0, 0.1) is 0 Å². The molecule has 45 heavy (non-hydrogen) atoms. The van der Waals surface area contributed by atoms with Gasteiger partial charge in [0, 0.05) is 24.0 Å². The number of carbonyl (C=O) groups excluding carboxylic acids is 5. The van der Waals surface area contributed by atoms with Crippen LogP contribution in [0.25, 0.3) is 0 Å². The molecule has 0 heterocycles. The zero-order valence-corrected chi connectivity index (χ0v) is 25.7. The molecule has 2 atom stereocenters. The standard InChI is InChI=1S/C30H26BrNO13/c1-15(33)42-21-10-8-17(12-23(21)40-3)29(38)44-25(27(35)32-20-7-5-6-19(31)14-20)26(28(36)37)45-30(39)18-9-11-22(43-16(2)34)24(13-18)41-4/h5-14,25-26H,1-4H3,(H,32,35)(H,36,37)/t25-,26-/m1/s1. The summed E-state index contributed by atoms with van der Waals surface area (Å²) in [7, 11) is 2.49. The molecule has 0 aromatic heterocycles. The van der Waals surface area contributed by atoms with Gasteiger partial charge in [0.1, 0.15) is 0 Å². The number of ether oxygens (including phenoxy) is 6. The Labute approximate surface area is 264 Å². The second kappa shape index (κ2) is 15.3. The van der Waals surface area contributed by atoms with Gasteiger partial charge < -0.3 is 38.8 Å². The number of anilines is 1. The average molecular weight is 688 g/mol. The lowest BCUT2D eigenvalue weighted by Crippen LogP contribution is -2.48. The van der Waals surface area contributed by atoms with Gasteiger partial charge >= 0.3 is 29.8 Å². The Kier molecular flexibility index (Phi) is 11.6. The first-order valence-electron chi connectivity index (χ1n) is 12.8. The first kappa shape index (κ1) is 34.1. The molecule has 0 saturated carbocycles. The normalized spacial score (nSPS) is 11.7. The zero-order chi connectivity index (χ0) is 33.3. The second-order valence-electron chi connectivity index (χ2n) is 8.91. The predicted octanol–water partition coefficient (Wildman–Crippen LogP) is 3.79. The highest BCUT2D eigenvalue weighted by atomic mass is 79.9. The largest absolute Gasteiger partial charge is 0.493 e. The summed E-state index contributed by atoms with van der Waals surface area (Å²) >= 11 is 3.25. The van der Waals surface area contributed by atoms with E-state index in [2.05, 4.69) is 21.2 Å². The highest BCUT2D eigenvalue weighted by Gasteiger charge is 2.41. The average Bonchev–Trinajstić information content (AvgIpc) is 2.98. The molecular weight excluding hydrogens is 662 g/mol. The summed E-state index contributed by atoms with van der Waals surface area (Å²) in [6, 6.07) is 13.3. The van der Waals surface area contributed by atoms with Crippen molar-refractivity contribution in [3.05, 3.63) is 76.3 Å². The summed E-state index contributed by atoms with van der Waals surface area (Å²) < 4.78 is 31.3. The monoisotopic (exact) mass is 687 g/mol. The Balaban J connectivity index is 1.97. The van der Waals surface area contributed by atoms with Crippen LogP contribution >= 0.6 is 15.9 Å². The van der Waals surface area contributed by atoms with Crippen LogP contribution in [0.2, 0.25) is 0 Å². The van der Waals surface area contributed by atoms with Gasteiger partial charge in [-0.2, -0.15) is 0 Å². The molecular formula is C30H26BrNO13. The SMILES string of the molecule is COc1cc(C(=O)O[C@@H](C(=O)O)[C@@H](OC(=O)c2ccc(OC(C)=O)c(OC)c2)C(=O)Nc2cccc(Br)c2)ccc1OC(C)=O. The fourth-order valence-corrected chi connectivity index (χ4v) is 4.11. The molecule has 3 aromatic rings. The van der Waals surface area contributed by atoms with Crippen molar-refractivity contribution in [2.45, 2.75) is 26.1 Å². The number of halogens is 1. The van der Waals surface area contributed by atoms with E-state index in [9.17, 15) is 33.9 Å². The number of carboxylic acid groups (broad SMARTS) is 1. The molecule has 0 saturated heterocycles. The van der Waals surface area contributed by atoms with Gasteiger partial charge in [-0.1, -0.05) is 22.0 Å². The van der Waals surface area contributed by atoms with Crippen molar-refractivity contribution >= 4 is 57.4 Å². The van der Waals surface area contributed by atoms with Gasteiger partial charge in [0.25, 0.3) is 5.91 Å². The van der Waals surface area contributed by atoms with Crippen molar-refractivity contribution in [1.82, 2.24) is 0 Å². The van der Waals surface area contributed by atoms with Crippen molar-refractivity contribution in [1.29, 1.82) is 0 Å². The molecule has 0 aliphatic heterocycles. The van der Waals surface area contributed by atoms with Crippen molar-refractivity contribution in [2.75, 3.05) is 19.5 Å². The Morgan fingerprint density at radius 2 is 1.18 bits per heavy atom. The number of methoxy groups -OCH3 is 2. The van der Waals surface area contributed by atoms with Crippen LogP contribution in [-0.4, -0.2) is 67.3 Å². The van der Waals surface area contributed by atoms with E-state index in [0.29, 0.717) is 4.47 Å². The molecule has 3 aromatic carbocycles. The molecule has 236 valence electrons. The number of aliphatic carboxylic acids is 1. The lowest BCUT2D eigenvalue weighted by molar-refractivity contribution is -0.157. The third-order valence-corrected chi connectivity index (χ3v) is 6.14. The number of amides is 1. The number of rotatable bonds is 12. The summed E-state index contributed by atoms with van der Waals surface area (Å²) in [6.45, 7) is 2.32. The Morgan fingerprint density at radius 3 is 1.60 bits per heavy atom. The van der Waals surface area contributed by atoms with Crippen LogP contribution in [0.5, 0.6) is 23.0 Å². The summed E-state index contributed by atoms with van der Waals surface area (Å²) in [6.07, 6.45) is -4.57. The number of carboxylic acids is 1.